The van der Waals surface area contributed by atoms with Crippen LogP contribution >= 0.6 is 0 Å². The van der Waals surface area contributed by atoms with Crippen LogP contribution in [0.4, 0.5) is 25.0 Å². The zero-order valence-electron chi connectivity index (χ0n) is 10.4. The molecule has 0 atom stereocenters. The topological polar surface area (TPSA) is 84.3 Å². The molecule has 1 aromatic carbocycles. The van der Waals surface area contributed by atoms with Crippen molar-refractivity contribution < 1.29 is 18.5 Å². The smallest absolute Gasteiger partial charge is 0.319 e. The van der Waals surface area contributed by atoms with Crippen molar-refractivity contribution in [3.63, 3.8) is 0 Å². The Hall–Kier alpha value is -2.25. The predicted molar refractivity (Wildman–Crippen MR) is 65.6 cm³/mol. The zero-order valence-corrected chi connectivity index (χ0v) is 10.4. The summed E-state index contributed by atoms with van der Waals surface area (Å²) < 4.78 is 23.8. The van der Waals surface area contributed by atoms with Crippen LogP contribution < -0.4 is 10.6 Å². The van der Waals surface area contributed by atoms with E-state index in [-0.39, 0.29) is 11.4 Å². The van der Waals surface area contributed by atoms with Gasteiger partial charge in [-0.2, -0.15) is 0 Å². The minimum Gasteiger partial charge on any atom is -0.332 e. The van der Waals surface area contributed by atoms with Gasteiger partial charge >= 0.3 is 6.03 Å². The molecule has 104 valence electrons. The van der Waals surface area contributed by atoms with Crippen molar-refractivity contribution in [2.24, 2.45) is 0 Å². The fourth-order valence-corrected chi connectivity index (χ4v) is 1.51. The van der Waals surface area contributed by atoms with E-state index in [1.807, 2.05) is 5.32 Å². The normalized spacial score (nSPS) is 10.4. The van der Waals surface area contributed by atoms with Crippen LogP contribution in [0.3, 0.4) is 0 Å². The average molecular weight is 273 g/mol. The maximum atomic E-state index is 11.9. The molecule has 19 heavy (non-hydrogen) atoms. The van der Waals surface area contributed by atoms with Crippen LogP contribution in [0.15, 0.2) is 12.1 Å². The summed E-state index contributed by atoms with van der Waals surface area (Å²) in [7, 11) is 0. The number of benzene rings is 1. The first kappa shape index (κ1) is 14.8. The molecule has 0 saturated heterocycles. The summed E-state index contributed by atoms with van der Waals surface area (Å²) in [6, 6.07) is 1.91. The van der Waals surface area contributed by atoms with Crippen molar-refractivity contribution in [2.45, 2.75) is 20.3 Å². The fraction of sp³-hybridized carbons (Fsp3) is 0.364. The number of anilines is 1. The van der Waals surface area contributed by atoms with Gasteiger partial charge in [0.2, 0.25) is 0 Å². The molecule has 0 fully saturated rings. The Morgan fingerprint density at radius 2 is 2.00 bits per heavy atom. The molecule has 0 aliphatic carbocycles. The van der Waals surface area contributed by atoms with Crippen LogP contribution in [0.5, 0.6) is 0 Å². The van der Waals surface area contributed by atoms with E-state index in [1.165, 1.54) is 6.07 Å². The van der Waals surface area contributed by atoms with E-state index in [2.05, 4.69) is 5.32 Å². The molecule has 0 aromatic heterocycles. The molecule has 0 unspecified atom stereocenters. The molecule has 0 saturated carbocycles. The van der Waals surface area contributed by atoms with Gasteiger partial charge in [-0.15, -0.1) is 0 Å². The third-order valence-electron chi connectivity index (χ3n) is 2.40. The highest BCUT2D eigenvalue weighted by Gasteiger charge is 2.15. The lowest BCUT2D eigenvalue weighted by Crippen LogP contribution is -2.32. The summed E-state index contributed by atoms with van der Waals surface area (Å²) >= 11 is 0. The Bertz CT molecular complexity index is 506. The summed E-state index contributed by atoms with van der Waals surface area (Å²) in [5.74, 6) is 0. The Labute approximate surface area is 108 Å². The lowest BCUT2D eigenvalue weighted by molar-refractivity contribution is -0.385. The molecule has 0 spiro atoms. The Morgan fingerprint density at radius 1 is 1.37 bits per heavy atom. The number of urea groups is 1. The van der Waals surface area contributed by atoms with E-state index >= 15 is 0 Å². The minimum atomic E-state index is -2.65. The summed E-state index contributed by atoms with van der Waals surface area (Å²) in [5.41, 5.74) is 1.13. The zero-order chi connectivity index (χ0) is 14.6. The highest BCUT2D eigenvalue weighted by molar-refractivity contribution is 5.90. The monoisotopic (exact) mass is 273 g/mol. The molecule has 2 N–H and O–H groups in total. The number of nitro benzene ring substituents is 1. The van der Waals surface area contributed by atoms with Crippen LogP contribution in [-0.4, -0.2) is 23.9 Å². The number of halogens is 2. The van der Waals surface area contributed by atoms with E-state index in [0.717, 1.165) is 0 Å². The molecule has 0 bridgehead atoms. The second kappa shape index (κ2) is 6.07. The van der Waals surface area contributed by atoms with Gasteiger partial charge in [0, 0.05) is 11.6 Å². The Kier molecular flexibility index (Phi) is 4.74. The van der Waals surface area contributed by atoms with Crippen LogP contribution in [0.2, 0.25) is 0 Å². The number of hydrogen-bond donors (Lipinski definition) is 2. The van der Waals surface area contributed by atoms with Crippen LogP contribution in [0, 0.1) is 24.0 Å². The first-order valence-electron chi connectivity index (χ1n) is 5.40. The van der Waals surface area contributed by atoms with Crippen molar-refractivity contribution in [2.75, 3.05) is 11.9 Å². The molecule has 2 amide bonds. The number of carbonyl (C=O) groups is 1. The van der Waals surface area contributed by atoms with Gasteiger partial charge in [0.25, 0.3) is 12.1 Å². The number of nitro groups is 1. The van der Waals surface area contributed by atoms with Gasteiger partial charge in [0.15, 0.2) is 0 Å². The van der Waals surface area contributed by atoms with Gasteiger partial charge in [-0.1, -0.05) is 0 Å². The van der Waals surface area contributed by atoms with Crippen LogP contribution in [0.25, 0.3) is 0 Å². The van der Waals surface area contributed by atoms with E-state index < -0.39 is 23.9 Å². The van der Waals surface area contributed by atoms with E-state index in [9.17, 15) is 23.7 Å². The quantitative estimate of drug-likeness (QED) is 0.653. The summed E-state index contributed by atoms with van der Waals surface area (Å²) in [5, 5.41) is 15.0. The van der Waals surface area contributed by atoms with Crippen molar-refractivity contribution in [1.29, 1.82) is 0 Å². The Balaban J connectivity index is 2.86. The van der Waals surface area contributed by atoms with Gasteiger partial charge in [0.05, 0.1) is 17.2 Å². The number of hydrogen-bond acceptors (Lipinski definition) is 3. The second-order valence-electron chi connectivity index (χ2n) is 3.94. The molecule has 0 aliphatic rings. The number of amides is 2. The minimum absolute atomic E-state index is 0.144. The lowest BCUT2D eigenvalue weighted by atomic mass is 10.1. The number of alkyl halides is 2. The van der Waals surface area contributed by atoms with Crippen LogP contribution in [0.1, 0.15) is 11.1 Å². The number of aryl methyl sites for hydroxylation is 2. The molecule has 0 heterocycles. The van der Waals surface area contributed by atoms with E-state index in [4.69, 9.17) is 0 Å². The Morgan fingerprint density at radius 3 is 2.53 bits per heavy atom. The molecule has 1 aromatic rings. The van der Waals surface area contributed by atoms with Crippen molar-refractivity contribution in [3.8, 4) is 0 Å². The predicted octanol–water partition coefficient (Wildman–Crippen LogP) is 2.60. The molecule has 0 radical (unpaired) electrons. The first-order chi connectivity index (χ1) is 8.81. The molecular weight excluding hydrogens is 260 g/mol. The molecule has 6 nitrogen and oxygen atoms in total. The summed E-state index contributed by atoms with van der Waals surface area (Å²) in [6.45, 7) is 2.45. The van der Waals surface area contributed by atoms with Crippen LogP contribution in [-0.2, 0) is 0 Å². The molecule has 1 rings (SSSR count). The highest BCUT2D eigenvalue weighted by Crippen LogP contribution is 2.26. The first-order valence-corrected chi connectivity index (χ1v) is 5.40. The number of rotatable bonds is 4. The largest absolute Gasteiger partial charge is 0.332 e. The molecular formula is C11H13F2N3O3. The highest BCUT2D eigenvalue weighted by atomic mass is 19.3. The van der Waals surface area contributed by atoms with Gasteiger partial charge in [-0.05, 0) is 25.5 Å². The molecule has 0 aliphatic heterocycles. The SMILES string of the molecule is Cc1cc(C)c([N+](=O)[O-])cc1NC(=O)NCC(F)F. The standard InChI is InChI=1S/C11H13F2N3O3/c1-6-3-7(2)9(16(18)19)4-8(6)15-11(17)14-5-10(12)13/h3-4,10H,5H2,1-2H3,(H2,14,15,17). The maximum Gasteiger partial charge on any atom is 0.319 e. The summed E-state index contributed by atoms with van der Waals surface area (Å²) in [6.07, 6.45) is -2.65. The van der Waals surface area contributed by atoms with Crippen molar-refractivity contribution >= 4 is 17.4 Å². The van der Waals surface area contributed by atoms with Gasteiger partial charge < -0.3 is 10.6 Å². The third kappa shape index (κ3) is 4.16. The van der Waals surface area contributed by atoms with Crippen molar-refractivity contribution in [3.05, 3.63) is 33.4 Å². The lowest BCUT2D eigenvalue weighted by Gasteiger charge is -2.10. The summed E-state index contributed by atoms with van der Waals surface area (Å²) in [4.78, 5) is 21.5. The van der Waals surface area contributed by atoms with Gasteiger partial charge in [-0.3, -0.25) is 10.1 Å². The van der Waals surface area contributed by atoms with E-state index in [0.29, 0.717) is 11.1 Å². The third-order valence-corrected chi connectivity index (χ3v) is 2.40. The molecule has 8 heteroatoms. The van der Waals surface area contributed by atoms with Gasteiger partial charge in [-0.25, -0.2) is 13.6 Å². The van der Waals surface area contributed by atoms with E-state index in [1.54, 1.807) is 19.9 Å². The number of nitrogens with one attached hydrogen (secondary N) is 2. The second-order valence-corrected chi connectivity index (χ2v) is 3.94. The fourth-order valence-electron chi connectivity index (χ4n) is 1.51. The van der Waals surface area contributed by atoms with Gasteiger partial charge in [0.1, 0.15) is 0 Å². The maximum absolute atomic E-state index is 11.9. The van der Waals surface area contributed by atoms with Crippen molar-refractivity contribution in [1.82, 2.24) is 5.32 Å². The average Bonchev–Trinajstić information content (AvgIpc) is 2.29. The number of carbonyl (C=O) groups excluding carboxylic acids is 1. The number of nitrogens with zero attached hydrogens (tertiary/aromatic N) is 1.